The van der Waals surface area contributed by atoms with E-state index in [4.69, 9.17) is 13.8 Å². The van der Waals surface area contributed by atoms with Gasteiger partial charge in [-0.3, -0.25) is 4.79 Å². The van der Waals surface area contributed by atoms with Crippen LogP contribution < -0.4 is 9.47 Å². The number of nitrogens with zero attached hydrogens (tertiary/aromatic N) is 1. The van der Waals surface area contributed by atoms with Crippen molar-refractivity contribution in [1.29, 1.82) is 0 Å². The van der Waals surface area contributed by atoms with Crippen LogP contribution in [0.4, 0.5) is 0 Å². The van der Waals surface area contributed by atoms with Crippen LogP contribution in [0.5, 0.6) is 11.5 Å². The highest BCUT2D eigenvalue weighted by Gasteiger charge is 2.23. The predicted molar refractivity (Wildman–Crippen MR) is 94.3 cm³/mol. The summed E-state index contributed by atoms with van der Waals surface area (Å²) in [6.45, 7) is 1.71. The van der Waals surface area contributed by atoms with E-state index in [9.17, 15) is 13.2 Å². The molecule has 7 nitrogen and oxygen atoms in total. The molecule has 0 bridgehead atoms. The summed E-state index contributed by atoms with van der Waals surface area (Å²) < 4.78 is 39.0. The predicted octanol–water partition coefficient (Wildman–Crippen LogP) is 2.60. The minimum atomic E-state index is -3.81. The van der Waals surface area contributed by atoms with Gasteiger partial charge < -0.3 is 9.47 Å². The van der Waals surface area contributed by atoms with Crippen molar-refractivity contribution in [1.82, 2.24) is 5.06 Å². The van der Waals surface area contributed by atoms with E-state index in [2.05, 4.69) is 0 Å². The van der Waals surface area contributed by atoms with Gasteiger partial charge in [0.25, 0.3) is 16.0 Å². The van der Waals surface area contributed by atoms with Crippen molar-refractivity contribution in [2.24, 2.45) is 0 Å². The Morgan fingerprint density at radius 2 is 1.80 bits per heavy atom. The van der Waals surface area contributed by atoms with Gasteiger partial charge in [0, 0.05) is 12.4 Å². The number of carbonyl (C=O) groups excluding carboxylic acids is 1. The summed E-state index contributed by atoms with van der Waals surface area (Å²) in [6.07, 6.45) is 0.392. The van der Waals surface area contributed by atoms with Crippen molar-refractivity contribution in [3.63, 3.8) is 0 Å². The zero-order valence-electron chi connectivity index (χ0n) is 14.6. The summed E-state index contributed by atoms with van der Waals surface area (Å²) in [6, 6.07) is 8.72. The standard InChI is InChI=1S/C17H21NO6S/c1-5-9-25(20,21)24-18(2)17(19)14-10-12-7-6-8-15(22-3)13(12)11-16(14)23-4/h6-8,10-11H,5,9H2,1-4H3. The largest absolute Gasteiger partial charge is 0.496 e. The van der Waals surface area contributed by atoms with E-state index in [0.717, 1.165) is 10.8 Å². The Labute approximate surface area is 147 Å². The van der Waals surface area contributed by atoms with Gasteiger partial charge in [-0.2, -0.15) is 8.42 Å². The van der Waals surface area contributed by atoms with Crippen LogP contribution in [0.2, 0.25) is 0 Å². The van der Waals surface area contributed by atoms with Crippen LogP contribution >= 0.6 is 0 Å². The molecule has 0 aliphatic rings. The van der Waals surface area contributed by atoms with Crippen molar-refractivity contribution < 1.29 is 27.0 Å². The molecule has 0 heterocycles. The van der Waals surface area contributed by atoms with Crippen LogP contribution in [0.1, 0.15) is 23.7 Å². The summed E-state index contributed by atoms with van der Waals surface area (Å²) in [5, 5.41) is 2.24. The monoisotopic (exact) mass is 367 g/mol. The Bertz CT molecular complexity index is 878. The first-order valence-electron chi connectivity index (χ1n) is 7.68. The average molecular weight is 367 g/mol. The van der Waals surface area contributed by atoms with E-state index in [1.807, 2.05) is 6.07 Å². The molecule has 0 spiro atoms. The van der Waals surface area contributed by atoms with Gasteiger partial charge in [-0.05, 0) is 30.0 Å². The van der Waals surface area contributed by atoms with Crippen LogP contribution in [0.15, 0.2) is 30.3 Å². The van der Waals surface area contributed by atoms with Gasteiger partial charge in [0.05, 0.1) is 25.5 Å². The maximum atomic E-state index is 12.6. The second-order valence-corrected chi connectivity index (χ2v) is 7.05. The van der Waals surface area contributed by atoms with Gasteiger partial charge >= 0.3 is 0 Å². The zero-order valence-corrected chi connectivity index (χ0v) is 15.4. The molecule has 8 heteroatoms. The molecular weight excluding hydrogens is 346 g/mol. The lowest BCUT2D eigenvalue weighted by atomic mass is 10.0. The molecule has 0 saturated carbocycles. The maximum Gasteiger partial charge on any atom is 0.288 e. The first-order chi connectivity index (χ1) is 11.8. The fraction of sp³-hybridized carbons (Fsp3) is 0.353. The van der Waals surface area contributed by atoms with Gasteiger partial charge in [0.1, 0.15) is 11.5 Å². The van der Waals surface area contributed by atoms with Gasteiger partial charge in [-0.25, -0.2) is 5.06 Å². The third-order valence-electron chi connectivity index (χ3n) is 3.58. The number of methoxy groups -OCH3 is 2. The Morgan fingerprint density at radius 3 is 2.40 bits per heavy atom. The third-order valence-corrected chi connectivity index (χ3v) is 4.94. The molecule has 25 heavy (non-hydrogen) atoms. The summed E-state index contributed by atoms with van der Waals surface area (Å²) in [7, 11) is 0.431. The number of hydroxylamine groups is 2. The van der Waals surface area contributed by atoms with Crippen molar-refractivity contribution in [2.75, 3.05) is 27.0 Å². The molecule has 0 aromatic heterocycles. The molecule has 2 aromatic rings. The van der Waals surface area contributed by atoms with Crippen LogP contribution in [0, 0.1) is 0 Å². The lowest BCUT2D eigenvalue weighted by molar-refractivity contribution is -0.00897. The van der Waals surface area contributed by atoms with E-state index >= 15 is 0 Å². The molecule has 1 amide bonds. The van der Waals surface area contributed by atoms with E-state index < -0.39 is 16.0 Å². The molecular formula is C17H21NO6S. The molecule has 0 radical (unpaired) electrons. The summed E-state index contributed by atoms with van der Waals surface area (Å²) >= 11 is 0. The minimum absolute atomic E-state index is 0.170. The lowest BCUT2D eigenvalue weighted by Gasteiger charge is -2.18. The van der Waals surface area contributed by atoms with Gasteiger partial charge in [-0.15, -0.1) is 4.28 Å². The third kappa shape index (κ3) is 4.21. The van der Waals surface area contributed by atoms with Crippen LogP contribution in [-0.4, -0.2) is 46.4 Å². The Kier molecular flexibility index (Phi) is 5.86. The molecule has 0 aliphatic heterocycles. The molecule has 0 N–H and O–H groups in total. The molecule has 0 fully saturated rings. The SMILES string of the molecule is CCCS(=O)(=O)ON(C)C(=O)c1cc2cccc(OC)c2cc1OC. The van der Waals surface area contributed by atoms with Crippen molar-refractivity contribution in [2.45, 2.75) is 13.3 Å². The van der Waals surface area contributed by atoms with Crippen molar-refractivity contribution in [3.8, 4) is 11.5 Å². The lowest BCUT2D eigenvalue weighted by Crippen LogP contribution is -2.31. The summed E-state index contributed by atoms with van der Waals surface area (Å²) in [4.78, 5) is 12.6. The molecule has 0 unspecified atom stereocenters. The number of hydrogen-bond donors (Lipinski definition) is 0. The smallest absolute Gasteiger partial charge is 0.288 e. The number of ether oxygens (including phenoxy) is 2. The summed E-state index contributed by atoms with van der Waals surface area (Å²) in [5.74, 6) is 0.146. The Balaban J connectivity index is 2.44. The number of hydrogen-bond acceptors (Lipinski definition) is 6. The van der Waals surface area contributed by atoms with E-state index in [0.29, 0.717) is 23.0 Å². The van der Waals surface area contributed by atoms with Gasteiger partial charge in [0.2, 0.25) is 0 Å². The molecule has 136 valence electrons. The molecule has 0 saturated heterocycles. The highest BCUT2D eigenvalue weighted by molar-refractivity contribution is 7.86. The van der Waals surface area contributed by atoms with E-state index in [-0.39, 0.29) is 11.3 Å². The molecule has 2 rings (SSSR count). The molecule has 0 atom stereocenters. The number of amides is 1. The van der Waals surface area contributed by atoms with E-state index in [1.54, 1.807) is 38.3 Å². The second kappa shape index (κ2) is 7.71. The first-order valence-corrected chi connectivity index (χ1v) is 9.25. The molecule has 0 aliphatic carbocycles. The summed E-state index contributed by atoms with van der Waals surface area (Å²) in [5.41, 5.74) is 0.192. The fourth-order valence-electron chi connectivity index (χ4n) is 2.45. The number of rotatable bonds is 7. The maximum absolute atomic E-state index is 12.6. The van der Waals surface area contributed by atoms with Gasteiger partial charge in [0.15, 0.2) is 0 Å². The Hall–Kier alpha value is -2.32. The van der Waals surface area contributed by atoms with E-state index in [1.165, 1.54) is 14.2 Å². The number of benzene rings is 2. The normalized spacial score (nSPS) is 11.4. The van der Waals surface area contributed by atoms with Gasteiger partial charge in [-0.1, -0.05) is 19.1 Å². The first kappa shape index (κ1) is 19.0. The van der Waals surface area contributed by atoms with Crippen LogP contribution in [-0.2, 0) is 14.4 Å². The highest BCUT2D eigenvalue weighted by atomic mass is 32.2. The van der Waals surface area contributed by atoms with Crippen molar-refractivity contribution >= 4 is 26.8 Å². The second-order valence-electron chi connectivity index (χ2n) is 5.37. The van der Waals surface area contributed by atoms with Crippen molar-refractivity contribution in [3.05, 3.63) is 35.9 Å². The minimum Gasteiger partial charge on any atom is -0.496 e. The number of fused-ring (bicyclic) bond motifs is 1. The fourth-order valence-corrected chi connectivity index (χ4v) is 3.43. The van der Waals surface area contributed by atoms with Crippen LogP contribution in [0.25, 0.3) is 10.8 Å². The zero-order chi connectivity index (χ0) is 18.6. The topological polar surface area (TPSA) is 82.1 Å². The average Bonchev–Trinajstić information content (AvgIpc) is 2.58. The quantitative estimate of drug-likeness (QED) is 0.700. The number of carbonyl (C=O) groups is 1. The molecule has 2 aromatic carbocycles. The Morgan fingerprint density at radius 1 is 1.12 bits per heavy atom. The highest BCUT2D eigenvalue weighted by Crippen LogP contribution is 2.32. The van der Waals surface area contributed by atoms with Crippen LogP contribution in [0.3, 0.4) is 0 Å².